The largest absolute Gasteiger partial charge is 0.495 e. The number of anilines is 1. The summed E-state index contributed by atoms with van der Waals surface area (Å²) in [6, 6.07) is 5.79. The van der Waals surface area contributed by atoms with Gasteiger partial charge >= 0.3 is 0 Å². The van der Waals surface area contributed by atoms with E-state index in [4.69, 9.17) is 10.1 Å². The molecule has 4 N–H and O–H groups in total. The van der Waals surface area contributed by atoms with E-state index in [1.807, 2.05) is 0 Å². The van der Waals surface area contributed by atoms with Crippen molar-refractivity contribution >= 4 is 27.5 Å². The van der Waals surface area contributed by atoms with Gasteiger partial charge in [-0.3, -0.25) is 15.5 Å². The molecule has 2 heterocycles. The summed E-state index contributed by atoms with van der Waals surface area (Å²) in [5, 5.41) is 12.6. The molecule has 3 rings (SSSR count). The molecule has 1 aromatic heterocycles. The van der Waals surface area contributed by atoms with Gasteiger partial charge in [0.1, 0.15) is 22.8 Å². The fraction of sp³-hybridized carbons (Fsp3) is 0.409. The number of halogens is 1. The Kier molecular flexibility index (Phi) is 6.35. The molecule has 0 aliphatic carbocycles. The lowest BCUT2D eigenvalue weighted by atomic mass is 9.90. The first-order valence-corrected chi connectivity index (χ1v) is 11.7. The van der Waals surface area contributed by atoms with Crippen molar-refractivity contribution in [2.45, 2.75) is 38.0 Å². The van der Waals surface area contributed by atoms with Gasteiger partial charge in [-0.15, -0.1) is 0 Å². The number of nitrogens with one attached hydrogen (secondary N) is 2. The van der Waals surface area contributed by atoms with Crippen LogP contribution in [0.3, 0.4) is 0 Å². The number of amides is 1. The van der Waals surface area contributed by atoms with Gasteiger partial charge in [0.2, 0.25) is 15.9 Å². The Morgan fingerprint density at radius 1 is 1.30 bits per heavy atom. The third-order valence-corrected chi connectivity index (χ3v) is 8.52. The Balaban J connectivity index is 1.97. The van der Waals surface area contributed by atoms with Gasteiger partial charge in [-0.1, -0.05) is 0 Å². The summed E-state index contributed by atoms with van der Waals surface area (Å²) < 4.78 is 45.6. The van der Waals surface area contributed by atoms with Crippen molar-refractivity contribution in [1.29, 1.82) is 5.41 Å². The minimum Gasteiger partial charge on any atom is -0.495 e. The number of methoxy groups -OCH3 is 1. The molecule has 11 heteroatoms. The Hall–Kier alpha value is -2.89. The predicted octanol–water partition coefficient (Wildman–Crippen LogP) is 1.60. The number of pyridine rings is 1. The average Bonchev–Trinajstić information content (AvgIpc) is 2.77. The van der Waals surface area contributed by atoms with Crippen LogP contribution in [0.25, 0.3) is 0 Å². The van der Waals surface area contributed by atoms with Crippen molar-refractivity contribution in [3.63, 3.8) is 0 Å². The van der Waals surface area contributed by atoms with Gasteiger partial charge in [0, 0.05) is 12.7 Å². The number of rotatable bonds is 4. The highest BCUT2D eigenvalue weighted by Gasteiger charge is 2.53. The molecule has 1 aromatic carbocycles. The van der Waals surface area contributed by atoms with Crippen molar-refractivity contribution in [3.8, 4) is 5.75 Å². The van der Waals surface area contributed by atoms with Crippen molar-refractivity contribution in [2.75, 3.05) is 26.0 Å². The Bertz CT molecular complexity index is 1230. The van der Waals surface area contributed by atoms with Crippen LogP contribution in [0.4, 0.5) is 10.1 Å². The average molecular weight is 479 g/mol. The van der Waals surface area contributed by atoms with Crippen molar-refractivity contribution in [1.82, 2.24) is 9.29 Å². The molecular formula is C22H29FN5O4S+. The molecule has 1 aliphatic rings. The van der Waals surface area contributed by atoms with Gasteiger partial charge in [-0.2, -0.15) is 4.31 Å². The number of carbonyl (C=O) groups is 1. The predicted molar refractivity (Wildman–Crippen MR) is 123 cm³/mol. The van der Waals surface area contributed by atoms with Crippen molar-refractivity contribution in [3.05, 3.63) is 53.1 Å². The lowest BCUT2D eigenvalue weighted by Crippen LogP contribution is -3.00. The normalized spacial score (nSPS) is 22.5. The minimum absolute atomic E-state index is 0.0609. The van der Waals surface area contributed by atoms with Crippen molar-refractivity contribution < 1.29 is 27.7 Å². The molecule has 2 aromatic rings. The fourth-order valence-electron chi connectivity index (χ4n) is 3.91. The van der Waals surface area contributed by atoms with Crippen molar-refractivity contribution in [2.24, 2.45) is 0 Å². The summed E-state index contributed by atoms with van der Waals surface area (Å²) >= 11 is 0. The Labute approximate surface area is 192 Å². The lowest BCUT2D eigenvalue weighted by molar-refractivity contribution is -0.634. The van der Waals surface area contributed by atoms with Crippen LogP contribution in [0, 0.1) is 18.2 Å². The highest BCUT2D eigenvalue weighted by molar-refractivity contribution is 7.91. The zero-order chi connectivity index (χ0) is 24.8. The first-order valence-electron chi connectivity index (χ1n) is 10.3. The second-order valence-electron chi connectivity index (χ2n) is 8.94. The maximum atomic E-state index is 15.0. The van der Waals surface area contributed by atoms with E-state index >= 15 is 0 Å². The van der Waals surface area contributed by atoms with E-state index in [1.165, 1.54) is 57.7 Å². The molecule has 0 unspecified atom stereocenters. The Morgan fingerprint density at radius 2 is 1.97 bits per heavy atom. The molecule has 1 aliphatic heterocycles. The number of nitrogens with two attached hydrogens (primary N) is 1. The summed E-state index contributed by atoms with van der Waals surface area (Å²) in [6.45, 7) is 6.26. The van der Waals surface area contributed by atoms with Crippen LogP contribution >= 0.6 is 0 Å². The van der Waals surface area contributed by atoms with E-state index in [0.717, 1.165) is 4.31 Å². The SMILES string of the molecule is COc1cnc(C(=O)Nc2ccc(F)c([C@]3(C)CN(C)S(=O)(=O)C(C)(C)C(=N)[NH2+]3)c2)c(C)c1. The van der Waals surface area contributed by atoms with E-state index in [2.05, 4.69) is 10.3 Å². The molecule has 1 atom stereocenters. The second kappa shape index (κ2) is 8.47. The summed E-state index contributed by atoms with van der Waals surface area (Å²) in [4.78, 5) is 16.9. The molecule has 1 amide bonds. The van der Waals surface area contributed by atoms with Gasteiger partial charge in [-0.25, -0.2) is 17.8 Å². The van der Waals surface area contributed by atoms with Crippen LogP contribution in [0.2, 0.25) is 0 Å². The van der Waals surface area contributed by atoms with Crippen LogP contribution in [0.5, 0.6) is 5.75 Å². The molecular weight excluding hydrogens is 449 g/mol. The first kappa shape index (κ1) is 24.7. The zero-order valence-corrected chi connectivity index (χ0v) is 20.3. The minimum atomic E-state index is -3.83. The third kappa shape index (κ3) is 4.35. The molecule has 0 radical (unpaired) electrons. The highest BCUT2D eigenvalue weighted by atomic mass is 32.2. The maximum Gasteiger partial charge on any atom is 0.274 e. The van der Waals surface area contributed by atoms with Gasteiger partial charge in [0.05, 0.1) is 25.4 Å². The molecule has 1 fully saturated rings. The molecule has 0 saturated carbocycles. The van der Waals surface area contributed by atoms with Gasteiger partial charge < -0.3 is 10.1 Å². The molecule has 178 valence electrons. The van der Waals surface area contributed by atoms with E-state index < -0.39 is 32.0 Å². The number of carbonyl (C=O) groups excluding carboxylic acids is 1. The summed E-state index contributed by atoms with van der Waals surface area (Å²) in [6.07, 6.45) is 1.43. The van der Waals surface area contributed by atoms with Gasteiger partial charge in [0.25, 0.3) is 5.91 Å². The summed E-state index contributed by atoms with van der Waals surface area (Å²) in [5.41, 5.74) is 0.169. The standard InChI is InChI=1S/C22H28FN5O4S/c1-13-9-15(32-6)11-25-18(13)19(29)26-14-7-8-17(23)16(10-14)22(4)12-28(5)33(30,31)21(2,3)20(24)27-22/h7-11H,12H2,1-6H3,(H2,24,27)(H,26,29)/p+1/t22-/m0/s1. The number of amidine groups is 1. The van der Waals surface area contributed by atoms with E-state index in [1.54, 1.807) is 19.9 Å². The van der Waals surface area contributed by atoms with E-state index in [9.17, 15) is 17.6 Å². The molecule has 9 nitrogen and oxygen atoms in total. The van der Waals surface area contributed by atoms with Crippen LogP contribution < -0.4 is 15.4 Å². The topological polar surface area (TPSA) is 129 Å². The van der Waals surface area contributed by atoms with Crippen LogP contribution in [-0.2, 0) is 15.6 Å². The number of hydrogen-bond donors (Lipinski definition) is 3. The smallest absolute Gasteiger partial charge is 0.274 e. The van der Waals surface area contributed by atoms with Crippen LogP contribution in [0.1, 0.15) is 42.4 Å². The lowest BCUT2D eigenvalue weighted by Gasteiger charge is -2.28. The molecule has 0 spiro atoms. The van der Waals surface area contributed by atoms with Crippen LogP contribution in [0.15, 0.2) is 30.5 Å². The number of ether oxygens (including phenoxy) is 1. The van der Waals surface area contributed by atoms with Gasteiger partial charge in [-0.05, 0) is 57.5 Å². The number of sulfonamides is 1. The number of benzene rings is 1. The van der Waals surface area contributed by atoms with Gasteiger partial charge in [0.15, 0.2) is 4.75 Å². The number of likely N-dealkylation sites (N-methyl/N-ethyl adjacent to an activating group) is 1. The highest BCUT2D eigenvalue weighted by Crippen LogP contribution is 2.30. The first-order chi connectivity index (χ1) is 15.2. The second-order valence-corrected chi connectivity index (χ2v) is 11.5. The number of aryl methyl sites for hydroxylation is 1. The third-order valence-electron chi connectivity index (χ3n) is 6.06. The van der Waals surface area contributed by atoms with E-state index in [-0.39, 0.29) is 23.6 Å². The molecule has 0 bridgehead atoms. The number of nitrogens with zero attached hydrogens (tertiary/aromatic N) is 2. The zero-order valence-electron chi connectivity index (χ0n) is 19.5. The molecule has 1 saturated heterocycles. The van der Waals surface area contributed by atoms with Crippen LogP contribution in [-0.4, -0.2) is 54.9 Å². The number of aromatic nitrogens is 1. The quantitative estimate of drug-likeness (QED) is 0.615. The number of quaternary nitrogens is 1. The maximum absolute atomic E-state index is 15.0. The molecule has 33 heavy (non-hydrogen) atoms. The number of hydrogen-bond acceptors (Lipinski definition) is 6. The summed E-state index contributed by atoms with van der Waals surface area (Å²) in [7, 11) is -0.901. The Morgan fingerprint density at radius 3 is 2.58 bits per heavy atom. The monoisotopic (exact) mass is 478 g/mol. The fourth-order valence-corrected chi connectivity index (χ4v) is 5.46. The summed E-state index contributed by atoms with van der Waals surface area (Å²) in [5.74, 6) is -0.643. The van der Waals surface area contributed by atoms with E-state index in [0.29, 0.717) is 17.0 Å².